The molecule has 7 nitrogen and oxygen atoms in total. The van der Waals surface area contributed by atoms with Gasteiger partial charge in [-0.05, 0) is 38.1 Å². The van der Waals surface area contributed by atoms with E-state index in [9.17, 15) is 9.59 Å². The van der Waals surface area contributed by atoms with E-state index in [1.54, 1.807) is 31.4 Å². The lowest BCUT2D eigenvalue weighted by Gasteiger charge is -2.19. The summed E-state index contributed by atoms with van der Waals surface area (Å²) in [6.07, 6.45) is 2.89. The lowest BCUT2D eigenvalue weighted by Crippen LogP contribution is -2.35. The molecule has 1 aromatic carbocycles. The van der Waals surface area contributed by atoms with Crippen LogP contribution in [0.3, 0.4) is 0 Å². The predicted octanol–water partition coefficient (Wildman–Crippen LogP) is 1.96. The molecular weight excluding hydrogens is 286 g/mol. The first-order chi connectivity index (χ1) is 10.3. The van der Waals surface area contributed by atoms with Crippen molar-refractivity contribution < 1.29 is 19.4 Å². The van der Waals surface area contributed by atoms with E-state index in [1.165, 1.54) is 30.9 Å². The molecule has 0 spiro atoms. The maximum absolute atomic E-state index is 12.1. The van der Waals surface area contributed by atoms with Crippen LogP contribution in [0.15, 0.2) is 36.7 Å². The fraction of sp³-hybridized carbons (Fsp3) is 0.267. The molecule has 2 rings (SSSR count). The third kappa shape index (κ3) is 3.08. The number of carboxylic acids is 1. The van der Waals surface area contributed by atoms with Crippen LogP contribution in [0.4, 0.5) is 5.69 Å². The van der Waals surface area contributed by atoms with Crippen molar-refractivity contribution in [3.05, 3.63) is 42.2 Å². The summed E-state index contributed by atoms with van der Waals surface area (Å²) < 4.78 is 6.32. The molecular formula is C15H17N3O4. The van der Waals surface area contributed by atoms with Crippen molar-refractivity contribution in [2.24, 2.45) is 0 Å². The normalized spacial score (nSPS) is 11.0. The van der Waals surface area contributed by atoms with Gasteiger partial charge in [0.1, 0.15) is 5.75 Å². The number of carbonyl (C=O) groups is 2. The quantitative estimate of drug-likeness (QED) is 0.880. The molecule has 0 bridgehead atoms. The molecule has 0 aliphatic rings. The Morgan fingerprint density at radius 3 is 2.45 bits per heavy atom. The van der Waals surface area contributed by atoms with Gasteiger partial charge in [0, 0.05) is 11.8 Å². The van der Waals surface area contributed by atoms with E-state index in [2.05, 4.69) is 10.4 Å². The van der Waals surface area contributed by atoms with Crippen LogP contribution in [-0.2, 0) is 10.3 Å². The summed E-state index contributed by atoms with van der Waals surface area (Å²) >= 11 is 0. The largest absolute Gasteiger partial charge is 0.497 e. The summed E-state index contributed by atoms with van der Waals surface area (Å²) in [7, 11) is 1.55. The van der Waals surface area contributed by atoms with E-state index in [1.807, 2.05) is 0 Å². The van der Waals surface area contributed by atoms with Crippen LogP contribution >= 0.6 is 0 Å². The van der Waals surface area contributed by atoms with Crippen LogP contribution in [0.2, 0.25) is 0 Å². The number of hydrogen-bond acceptors (Lipinski definition) is 4. The zero-order valence-electron chi connectivity index (χ0n) is 12.5. The molecule has 116 valence electrons. The zero-order valence-corrected chi connectivity index (χ0v) is 12.5. The van der Waals surface area contributed by atoms with Crippen LogP contribution in [0.5, 0.6) is 5.75 Å². The van der Waals surface area contributed by atoms with Gasteiger partial charge in [-0.15, -0.1) is 0 Å². The van der Waals surface area contributed by atoms with E-state index in [4.69, 9.17) is 9.84 Å². The topological polar surface area (TPSA) is 93.5 Å². The SMILES string of the molecule is COc1ccc(C(=O)Nc2cnn(C(C)(C)C(=O)O)c2)cc1. The molecule has 0 radical (unpaired) electrons. The third-order valence-corrected chi connectivity index (χ3v) is 3.29. The van der Waals surface area contributed by atoms with E-state index < -0.39 is 11.5 Å². The highest BCUT2D eigenvalue weighted by molar-refractivity contribution is 6.04. The smallest absolute Gasteiger partial charge is 0.331 e. The molecule has 0 atom stereocenters. The molecule has 2 N–H and O–H groups in total. The number of carboxylic acid groups (broad SMARTS) is 1. The molecule has 0 unspecified atom stereocenters. The number of methoxy groups -OCH3 is 1. The first kappa shape index (κ1) is 15.6. The molecule has 22 heavy (non-hydrogen) atoms. The number of ether oxygens (including phenoxy) is 1. The minimum absolute atomic E-state index is 0.310. The van der Waals surface area contributed by atoms with Gasteiger partial charge in [0.05, 0.1) is 19.0 Å². The van der Waals surface area contributed by atoms with Crippen molar-refractivity contribution in [2.45, 2.75) is 19.4 Å². The van der Waals surface area contributed by atoms with Gasteiger partial charge in [0.15, 0.2) is 5.54 Å². The van der Waals surface area contributed by atoms with E-state index in [0.29, 0.717) is 17.0 Å². The van der Waals surface area contributed by atoms with Gasteiger partial charge in [0.2, 0.25) is 0 Å². The molecule has 0 saturated heterocycles. The van der Waals surface area contributed by atoms with Gasteiger partial charge < -0.3 is 15.2 Å². The number of amides is 1. The van der Waals surface area contributed by atoms with Crippen molar-refractivity contribution in [3.8, 4) is 5.75 Å². The van der Waals surface area contributed by atoms with Crippen LogP contribution in [-0.4, -0.2) is 33.9 Å². The fourth-order valence-electron chi connectivity index (χ4n) is 1.74. The van der Waals surface area contributed by atoms with Crippen LogP contribution in [0, 0.1) is 0 Å². The predicted molar refractivity (Wildman–Crippen MR) is 80.1 cm³/mol. The minimum atomic E-state index is -1.19. The molecule has 2 aromatic rings. The number of aliphatic carboxylic acids is 1. The van der Waals surface area contributed by atoms with E-state index in [-0.39, 0.29) is 5.91 Å². The van der Waals surface area contributed by atoms with Crippen LogP contribution < -0.4 is 10.1 Å². The molecule has 7 heteroatoms. The number of hydrogen-bond donors (Lipinski definition) is 2. The Kier molecular flexibility index (Phi) is 4.16. The average molecular weight is 303 g/mol. The van der Waals surface area contributed by atoms with Gasteiger partial charge in [0.25, 0.3) is 5.91 Å². The monoisotopic (exact) mass is 303 g/mol. The molecule has 0 saturated carbocycles. The van der Waals surface area contributed by atoms with Crippen molar-refractivity contribution in [2.75, 3.05) is 12.4 Å². The van der Waals surface area contributed by atoms with Crippen molar-refractivity contribution in [1.29, 1.82) is 0 Å². The number of nitrogens with one attached hydrogen (secondary N) is 1. The van der Waals surface area contributed by atoms with Crippen molar-refractivity contribution in [3.63, 3.8) is 0 Å². The summed E-state index contributed by atoms with van der Waals surface area (Å²) in [4.78, 5) is 23.3. The number of rotatable bonds is 5. The zero-order chi connectivity index (χ0) is 16.3. The highest BCUT2D eigenvalue weighted by Gasteiger charge is 2.30. The number of aromatic nitrogens is 2. The first-order valence-electron chi connectivity index (χ1n) is 6.58. The summed E-state index contributed by atoms with van der Waals surface area (Å²) in [5.41, 5.74) is -0.301. The molecule has 0 fully saturated rings. The second-order valence-electron chi connectivity index (χ2n) is 5.22. The molecule has 1 amide bonds. The Morgan fingerprint density at radius 1 is 1.27 bits per heavy atom. The number of carbonyl (C=O) groups excluding carboxylic acids is 1. The molecule has 1 aromatic heterocycles. The molecule has 1 heterocycles. The second-order valence-corrected chi connectivity index (χ2v) is 5.22. The van der Waals surface area contributed by atoms with Crippen LogP contribution in [0.1, 0.15) is 24.2 Å². The maximum Gasteiger partial charge on any atom is 0.331 e. The Morgan fingerprint density at radius 2 is 1.91 bits per heavy atom. The summed E-state index contributed by atoms with van der Waals surface area (Å²) in [6, 6.07) is 6.65. The van der Waals surface area contributed by atoms with Gasteiger partial charge in [-0.3, -0.25) is 9.48 Å². The number of anilines is 1. The third-order valence-electron chi connectivity index (χ3n) is 3.29. The fourth-order valence-corrected chi connectivity index (χ4v) is 1.74. The Bertz CT molecular complexity index is 689. The highest BCUT2D eigenvalue weighted by Crippen LogP contribution is 2.18. The lowest BCUT2D eigenvalue weighted by molar-refractivity contribution is -0.146. The van der Waals surface area contributed by atoms with Crippen LogP contribution in [0.25, 0.3) is 0 Å². The summed E-state index contributed by atoms with van der Waals surface area (Å²) in [5, 5.41) is 15.8. The molecule has 0 aliphatic heterocycles. The minimum Gasteiger partial charge on any atom is -0.497 e. The maximum atomic E-state index is 12.1. The first-order valence-corrected chi connectivity index (χ1v) is 6.58. The number of nitrogens with zero attached hydrogens (tertiary/aromatic N) is 2. The van der Waals surface area contributed by atoms with Gasteiger partial charge >= 0.3 is 5.97 Å². The standard InChI is InChI=1S/C15H17N3O4/c1-15(2,14(20)21)18-9-11(8-16-18)17-13(19)10-4-6-12(22-3)7-5-10/h4-9H,1-3H3,(H,17,19)(H,20,21). The lowest BCUT2D eigenvalue weighted by atomic mass is 10.1. The number of benzene rings is 1. The van der Waals surface area contributed by atoms with Gasteiger partial charge in [-0.25, -0.2) is 4.79 Å². The van der Waals surface area contributed by atoms with Gasteiger partial charge in [-0.2, -0.15) is 5.10 Å². The van der Waals surface area contributed by atoms with Crippen molar-refractivity contribution >= 4 is 17.6 Å². The van der Waals surface area contributed by atoms with Crippen molar-refractivity contribution in [1.82, 2.24) is 9.78 Å². The van der Waals surface area contributed by atoms with E-state index in [0.717, 1.165) is 0 Å². The summed E-state index contributed by atoms with van der Waals surface area (Å²) in [6.45, 7) is 3.05. The highest BCUT2D eigenvalue weighted by atomic mass is 16.5. The van der Waals surface area contributed by atoms with Gasteiger partial charge in [-0.1, -0.05) is 0 Å². The second kappa shape index (κ2) is 5.88. The molecule has 0 aliphatic carbocycles. The Labute approximate surface area is 127 Å². The Balaban J connectivity index is 2.12. The Hall–Kier alpha value is -2.83. The van der Waals surface area contributed by atoms with E-state index >= 15 is 0 Å². The summed E-state index contributed by atoms with van der Waals surface area (Å²) in [5.74, 6) is -0.661. The average Bonchev–Trinajstić information content (AvgIpc) is 2.96.